The van der Waals surface area contributed by atoms with Gasteiger partial charge in [-0.05, 0) is 26.7 Å². The van der Waals surface area contributed by atoms with Crippen LogP contribution in [0.2, 0.25) is 0 Å². The van der Waals surface area contributed by atoms with Crippen LogP contribution in [-0.2, 0) is 11.3 Å². The summed E-state index contributed by atoms with van der Waals surface area (Å²) >= 11 is 1.30. The summed E-state index contributed by atoms with van der Waals surface area (Å²) in [6.07, 6.45) is 4.21. The topological polar surface area (TPSA) is 88.9 Å². The molecule has 1 saturated carbocycles. The Hall–Kier alpha value is -2.35. The largest absolute Gasteiger partial charge is 0.335 e. The molecule has 144 valence electrons. The van der Waals surface area contributed by atoms with Crippen molar-refractivity contribution in [1.82, 2.24) is 25.4 Å². The van der Waals surface area contributed by atoms with Gasteiger partial charge in [-0.25, -0.2) is 4.79 Å². The highest BCUT2D eigenvalue weighted by atomic mass is 32.2. The first-order valence-corrected chi connectivity index (χ1v) is 10.2. The molecule has 27 heavy (non-hydrogen) atoms. The van der Waals surface area contributed by atoms with Gasteiger partial charge in [0, 0.05) is 18.2 Å². The fourth-order valence-corrected chi connectivity index (χ4v) is 4.09. The fraction of sp³-hybridized carbons (Fsp3) is 0.474. The molecular weight excluding hydrogens is 362 g/mol. The second-order valence-corrected chi connectivity index (χ2v) is 7.93. The summed E-state index contributed by atoms with van der Waals surface area (Å²) in [7, 11) is 0. The monoisotopic (exact) mass is 387 g/mol. The molecule has 1 aliphatic rings. The van der Waals surface area contributed by atoms with Gasteiger partial charge in [0.2, 0.25) is 5.91 Å². The molecule has 1 atom stereocenters. The van der Waals surface area contributed by atoms with E-state index in [4.69, 9.17) is 0 Å². The molecule has 3 rings (SSSR count). The third-order valence-electron chi connectivity index (χ3n) is 4.64. The molecule has 0 radical (unpaired) electrons. The highest BCUT2D eigenvalue weighted by molar-refractivity contribution is 8.00. The minimum Gasteiger partial charge on any atom is -0.335 e. The number of carbonyl (C=O) groups is 2. The van der Waals surface area contributed by atoms with Crippen LogP contribution in [0.3, 0.4) is 0 Å². The third-order valence-corrected chi connectivity index (χ3v) is 5.72. The molecule has 0 unspecified atom stereocenters. The predicted octanol–water partition coefficient (Wildman–Crippen LogP) is 3.21. The quantitative estimate of drug-likeness (QED) is 0.743. The summed E-state index contributed by atoms with van der Waals surface area (Å²) in [6, 6.07) is 9.58. The second kappa shape index (κ2) is 9.03. The van der Waals surface area contributed by atoms with Crippen molar-refractivity contribution in [3.8, 4) is 11.4 Å². The first kappa shape index (κ1) is 19.4. The number of nitrogens with one attached hydrogen (secondary N) is 2. The molecule has 2 aromatic rings. The molecule has 1 aromatic heterocycles. The van der Waals surface area contributed by atoms with E-state index in [1.54, 1.807) is 6.92 Å². The van der Waals surface area contributed by atoms with Crippen LogP contribution in [0.1, 0.15) is 39.5 Å². The van der Waals surface area contributed by atoms with Crippen LogP contribution >= 0.6 is 11.8 Å². The Bertz CT molecular complexity index is 787. The fourth-order valence-electron chi connectivity index (χ4n) is 3.18. The molecule has 1 aromatic carbocycles. The lowest BCUT2D eigenvalue weighted by Gasteiger charge is -2.15. The number of imide groups is 1. The van der Waals surface area contributed by atoms with Crippen molar-refractivity contribution in [2.75, 3.05) is 0 Å². The van der Waals surface area contributed by atoms with Crippen molar-refractivity contribution in [2.45, 2.75) is 62.5 Å². The number of nitrogens with zero attached hydrogens (tertiary/aromatic N) is 3. The van der Waals surface area contributed by atoms with Crippen molar-refractivity contribution in [2.24, 2.45) is 0 Å². The average Bonchev–Trinajstić information content (AvgIpc) is 3.31. The van der Waals surface area contributed by atoms with Crippen molar-refractivity contribution in [3.63, 3.8) is 0 Å². The van der Waals surface area contributed by atoms with E-state index in [1.807, 2.05) is 41.8 Å². The molecule has 7 nitrogen and oxygen atoms in total. The van der Waals surface area contributed by atoms with Gasteiger partial charge < -0.3 is 9.88 Å². The standard InChI is InChI=1S/C19H25N5O2S/c1-3-24-16(14-9-5-4-6-10-14)22-23-19(24)27-13(2)17(25)21-18(26)20-15-11-7-8-12-15/h4-6,9-10,13,15H,3,7-8,11-12H2,1-2H3,(H2,20,21,25,26)/t13-/m0/s1. The van der Waals surface area contributed by atoms with Gasteiger partial charge >= 0.3 is 6.03 Å². The van der Waals surface area contributed by atoms with Crippen molar-refractivity contribution < 1.29 is 9.59 Å². The Morgan fingerprint density at radius 2 is 1.93 bits per heavy atom. The van der Waals surface area contributed by atoms with Crippen molar-refractivity contribution >= 4 is 23.7 Å². The number of hydrogen-bond acceptors (Lipinski definition) is 5. The minimum absolute atomic E-state index is 0.178. The van der Waals surface area contributed by atoms with E-state index >= 15 is 0 Å². The van der Waals surface area contributed by atoms with Crippen LogP contribution < -0.4 is 10.6 Å². The number of thioether (sulfide) groups is 1. The molecule has 0 aliphatic heterocycles. The second-order valence-electron chi connectivity index (χ2n) is 6.62. The minimum atomic E-state index is -0.461. The number of carbonyl (C=O) groups excluding carboxylic acids is 2. The van der Waals surface area contributed by atoms with Gasteiger partial charge in [-0.3, -0.25) is 10.1 Å². The Morgan fingerprint density at radius 1 is 1.22 bits per heavy atom. The smallest absolute Gasteiger partial charge is 0.321 e. The predicted molar refractivity (Wildman–Crippen MR) is 105 cm³/mol. The van der Waals surface area contributed by atoms with E-state index in [9.17, 15) is 9.59 Å². The van der Waals surface area contributed by atoms with Crippen LogP contribution in [0, 0.1) is 0 Å². The summed E-state index contributed by atoms with van der Waals surface area (Å²) < 4.78 is 1.97. The van der Waals surface area contributed by atoms with Crippen LogP contribution in [0.5, 0.6) is 0 Å². The highest BCUT2D eigenvalue weighted by Crippen LogP contribution is 2.26. The zero-order valence-corrected chi connectivity index (χ0v) is 16.5. The van der Waals surface area contributed by atoms with Gasteiger partial charge in [-0.1, -0.05) is 54.9 Å². The lowest BCUT2D eigenvalue weighted by molar-refractivity contribution is -0.119. The zero-order chi connectivity index (χ0) is 19.2. The first-order chi connectivity index (χ1) is 13.1. The Balaban J connectivity index is 1.61. The van der Waals surface area contributed by atoms with Crippen molar-refractivity contribution in [1.29, 1.82) is 0 Å². The maximum Gasteiger partial charge on any atom is 0.321 e. The van der Waals surface area contributed by atoms with Crippen LogP contribution in [0.25, 0.3) is 11.4 Å². The van der Waals surface area contributed by atoms with Crippen LogP contribution in [0.4, 0.5) is 4.79 Å². The Labute approximate surface area is 163 Å². The molecule has 1 heterocycles. The van der Waals surface area contributed by atoms with Crippen LogP contribution in [0.15, 0.2) is 35.5 Å². The van der Waals surface area contributed by atoms with Crippen molar-refractivity contribution in [3.05, 3.63) is 30.3 Å². The molecule has 0 bridgehead atoms. The number of amides is 3. The molecule has 3 amide bonds. The number of urea groups is 1. The number of hydrogen-bond donors (Lipinski definition) is 2. The highest BCUT2D eigenvalue weighted by Gasteiger charge is 2.23. The van der Waals surface area contributed by atoms with E-state index in [0.717, 1.165) is 37.1 Å². The van der Waals surface area contributed by atoms with E-state index < -0.39 is 11.3 Å². The molecule has 1 fully saturated rings. The summed E-state index contributed by atoms with van der Waals surface area (Å²) in [5.74, 6) is 0.439. The Morgan fingerprint density at radius 3 is 2.59 bits per heavy atom. The maximum atomic E-state index is 12.4. The first-order valence-electron chi connectivity index (χ1n) is 9.35. The SMILES string of the molecule is CCn1c(S[C@@H](C)C(=O)NC(=O)NC2CCCC2)nnc1-c1ccccc1. The number of benzene rings is 1. The lowest BCUT2D eigenvalue weighted by atomic mass is 10.2. The van der Waals surface area contributed by atoms with Gasteiger partial charge in [0.15, 0.2) is 11.0 Å². The molecule has 1 aliphatic carbocycles. The number of aromatic nitrogens is 3. The maximum absolute atomic E-state index is 12.4. The molecule has 8 heteroatoms. The summed E-state index contributed by atoms with van der Waals surface area (Å²) in [5, 5.41) is 14.0. The lowest BCUT2D eigenvalue weighted by Crippen LogP contribution is -2.45. The number of rotatable bonds is 6. The average molecular weight is 388 g/mol. The van der Waals surface area contributed by atoms with Crippen LogP contribution in [-0.4, -0.2) is 38.0 Å². The molecule has 0 saturated heterocycles. The van der Waals surface area contributed by atoms with E-state index in [2.05, 4.69) is 20.8 Å². The van der Waals surface area contributed by atoms with E-state index in [1.165, 1.54) is 11.8 Å². The van der Waals surface area contributed by atoms with E-state index in [-0.39, 0.29) is 11.9 Å². The molecular formula is C19H25N5O2S. The van der Waals surface area contributed by atoms with Gasteiger partial charge in [0.25, 0.3) is 0 Å². The third kappa shape index (κ3) is 4.88. The summed E-state index contributed by atoms with van der Waals surface area (Å²) in [4.78, 5) is 24.4. The Kier molecular flexibility index (Phi) is 6.49. The zero-order valence-electron chi connectivity index (χ0n) is 15.6. The van der Waals surface area contributed by atoms with Gasteiger partial charge in [0.05, 0.1) is 5.25 Å². The van der Waals surface area contributed by atoms with Gasteiger partial charge in [0.1, 0.15) is 0 Å². The van der Waals surface area contributed by atoms with Gasteiger partial charge in [-0.15, -0.1) is 10.2 Å². The van der Waals surface area contributed by atoms with Gasteiger partial charge in [-0.2, -0.15) is 0 Å². The molecule has 2 N–H and O–H groups in total. The summed E-state index contributed by atoms with van der Waals surface area (Å²) in [5.41, 5.74) is 0.978. The molecule has 0 spiro atoms. The van der Waals surface area contributed by atoms with E-state index in [0.29, 0.717) is 11.7 Å². The summed E-state index contributed by atoms with van der Waals surface area (Å²) in [6.45, 7) is 4.47. The normalized spacial score (nSPS) is 15.5.